The normalized spacial score (nSPS) is 17.1. The first kappa shape index (κ1) is 15.7. The molecule has 0 unspecified atom stereocenters. The van der Waals surface area contributed by atoms with Gasteiger partial charge in [0.25, 0.3) is 10.0 Å². The highest BCUT2D eigenvalue weighted by Crippen LogP contribution is 2.25. The highest BCUT2D eigenvalue weighted by atomic mass is 32.2. The summed E-state index contributed by atoms with van der Waals surface area (Å²) in [5.41, 5.74) is 6.00. The smallest absolute Gasteiger partial charge is 0.252 e. The molecule has 0 bridgehead atoms. The Hall–Kier alpha value is -0.700. The molecule has 0 saturated heterocycles. The van der Waals surface area contributed by atoms with Crippen LogP contribution in [-0.2, 0) is 10.0 Å². The van der Waals surface area contributed by atoms with Gasteiger partial charge in [-0.2, -0.15) is 0 Å². The average Bonchev–Trinajstić information content (AvgIpc) is 2.98. The molecule has 8 heteroatoms. The number of sulfonamides is 1. The fraction of sp³-hybridized carbons (Fsp3) is 0.750. The number of nitrogens with one attached hydrogen (secondary N) is 1. The van der Waals surface area contributed by atoms with Crippen molar-refractivity contribution in [1.82, 2.24) is 14.6 Å². The van der Waals surface area contributed by atoms with Crippen LogP contribution in [0.15, 0.2) is 4.21 Å². The van der Waals surface area contributed by atoms with Crippen molar-refractivity contribution in [2.24, 2.45) is 0 Å². The first-order chi connectivity index (χ1) is 9.40. The number of nitrogens with zero attached hydrogens (tertiary/aromatic N) is 2. The topological polar surface area (TPSA) is 88.3 Å². The van der Waals surface area contributed by atoms with Crippen LogP contribution in [0.5, 0.6) is 0 Å². The summed E-state index contributed by atoms with van der Waals surface area (Å²) in [6, 6.07) is 0.597. The third-order valence-corrected chi connectivity index (χ3v) is 6.78. The van der Waals surface area contributed by atoms with E-state index < -0.39 is 10.0 Å². The van der Waals surface area contributed by atoms with E-state index in [0.29, 0.717) is 18.3 Å². The monoisotopic (exact) mass is 318 g/mol. The lowest BCUT2D eigenvalue weighted by Gasteiger charge is -2.23. The minimum Gasteiger partial charge on any atom is -0.375 e. The van der Waals surface area contributed by atoms with Gasteiger partial charge >= 0.3 is 0 Å². The van der Waals surface area contributed by atoms with E-state index in [0.717, 1.165) is 17.9 Å². The zero-order valence-corrected chi connectivity index (χ0v) is 13.6. The Kier molecular flexibility index (Phi) is 5.00. The van der Waals surface area contributed by atoms with Gasteiger partial charge in [-0.05, 0) is 26.8 Å². The van der Waals surface area contributed by atoms with Gasteiger partial charge < -0.3 is 10.6 Å². The van der Waals surface area contributed by atoms with Crippen LogP contribution in [0.3, 0.4) is 0 Å². The quantitative estimate of drug-likeness (QED) is 0.822. The summed E-state index contributed by atoms with van der Waals surface area (Å²) in [5, 5.41) is 0.283. The number of thiazole rings is 1. The number of hydrogen-bond acceptors (Lipinski definition) is 6. The molecule has 1 aliphatic carbocycles. The van der Waals surface area contributed by atoms with Crippen molar-refractivity contribution < 1.29 is 8.42 Å². The molecule has 2 rings (SSSR count). The summed E-state index contributed by atoms with van der Waals surface area (Å²) < 4.78 is 27.2. The Morgan fingerprint density at radius 2 is 2.10 bits per heavy atom. The second-order valence-corrected chi connectivity index (χ2v) is 8.23. The van der Waals surface area contributed by atoms with Gasteiger partial charge in [0, 0.05) is 19.1 Å². The molecule has 1 saturated carbocycles. The minimum atomic E-state index is -3.49. The fourth-order valence-corrected chi connectivity index (χ4v) is 4.96. The third kappa shape index (κ3) is 3.69. The van der Waals surface area contributed by atoms with Crippen molar-refractivity contribution in [3.8, 4) is 0 Å². The number of aromatic nitrogens is 1. The molecule has 1 aromatic heterocycles. The standard InChI is InChI=1S/C12H22N4O2S2/c1-9-11(19-12(13)15-9)20(17,18)14-7-8-16(2)10-5-3-4-6-10/h10,14H,3-8H2,1-2H3,(H2,13,15). The largest absolute Gasteiger partial charge is 0.375 e. The van der Waals surface area contributed by atoms with Gasteiger partial charge in [0.2, 0.25) is 0 Å². The number of hydrogen-bond donors (Lipinski definition) is 2. The predicted octanol–water partition coefficient (Wildman–Crippen LogP) is 1.19. The molecule has 0 radical (unpaired) electrons. The Morgan fingerprint density at radius 3 is 2.65 bits per heavy atom. The van der Waals surface area contributed by atoms with Crippen molar-refractivity contribution in [3.63, 3.8) is 0 Å². The van der Waals surface area contributed by atoms with E-state index >= 15 is 0 Å². The number of likely N-dealkylation sites (N-methyl/N-ethyl adjacent to an activating group) is 1. The minimum absolute atomic E-state index is 0.221. The Morgan fingerprint density at radius 1 is 1.45 bits per heavy atom. The fourth-order valence-electron chi connectivity index (χ4n) is 2.60. The van der Waals surface area contributed by atoms with E-state index in [9.17, 15) is 8.42 Å². The van der Waals surface area contributed by atoms with Gasteiger partial charge in [0.15, 0.2) is 9.34 Å². The molecule has 1 heterocycles. The molecule has 0 spiro atoms. The first-order valence-electron chi connectivity index (χ1n) is 6.83. The average molecular weight is 318 g/mol. The molecule has 1 aromatic rings. The predicted molar refractivity (Wildman–Crippen MR) is 81.3 cm³/mol. The Labute approximate surface area is 124 Å². The molecule has 1 aliphatic rings. The molecule has 0 amide bonds. The molecular weight excluding hydrogens is 296 g/mol. The molecule has 1 fully saturated rings. The first-order valence-corrected chi connectivity index (χ1v) is 9.13. The van der Waals surface area contributed by atoms with E-state index in [1.165, 1.54) is 25.7 Å². The Balaban J connectivity index is 1.88. The van der Waals surface area contributed by atoms with Gasteiger partial charge in [-0.3, -0.25) is 0 Å². The molecule has 20 heavy (non-hydrogen) atoms. The van der Waals surface area contributed by atoms with Crippen molar-refractivity contribution in [1.29, 1.82) is 0 Å². The van der Waals surface area contributed by atoms with Gasteiger partial charge in [-0.1, -0.05) is 24.2 Å². The van der Waals surface area contributed by atoms with Gasteiger partial charge in [-0.15, -0.1) is 0 Å². The zero-order chi connectivity index (χ0) is 14.8. The number of nitrogens with two attached hydrogens (primary N) is 1. The number of anilines is 1. The van der Waals surface area contributed by atoms with E-state index in [-0.39, 0.29) is 9.34 Å². The molecule has 0 atom stereocenters. The summed E-state index contributed by atoms with van der Waals surface area (Å²) in [6.07, 6.45) is 4.99. The second kappa shape index (κ2) is 6.38. The molecule has 0 aromatic carbocycles. The highest BCUT2D eigenvalue weighted by molar-refractivity contribution is 7.91. The van der Waals surface area contributed by atoms with Crippen molar-refractivity contribution in [3.05, 3.63) is 5.69 Å². The van der Waals surface area contributed by atoms with Crippen LogP contribution >= 0.6 is 11.3 Å². The molecule has 114 valence electrons. The maximum Gasteiger partial charge on any atom is 0.252 e. The maximum absolute atomic E-state index is 12.2. The van der Waals surface area contributed by atoms with Crippen LogP contribution in [0, 0.1) is 6.92 Å². The van der Waals surface area contributed by atoms with Crippen LogP contribution < -0.4 is 10.5 Å². The molecule has 0 aliphatic heterocycles. The van der Waals surface area contributed by atoms with Crippen molar-refractivity contribution in [2.45, 2.75) is 42.9 Å². The number of nitrogen functional groups attached to an aromatic ring is 1. The van der Waals surface area contributed by atoms with Gasteiger partial charge in [-0.25, -0.2) is 18.1 Å². The summed E-state index contributed by atoms with van der Waals surface area (Å²) in [5.74, 6) is 0. The summed E-state index contributed by atoms with van der Waals surface area (Å²) in [4.78, 5) is 6.19. The van der Waals surface area contributed by atoms with E-state index in [4.69, 9.17) is 5.73 Å². The van der Waals surface area contributed by atoms with Crippen LogP contribution in [0.4, 0.5) is 5.13 Å². The van der Waals surface area contributed by atoms with Crippen molar-refractivity contribution in [2.75, 3.05) is 25.9 Å². The lowest BCUT2D eigenvalue weighted by Crippen LogP contribution is -2.37. The van der Waals surface area contributed by atoms with E-state index in [1.54, 1.807) is 6.92 Å². The Bertz CT molecular complexity index is 550. The molecule has 6 nitrogen and oxygen atoms in total. The highest BCUT2D eigenvalue weighted by Gasteiger charge is 2.22. The van der Waals surface area contributed by atoms with Crippen LogP contribution in [0.1, 0.15) is 31.4 Å². The van der Waals surface area contributed by atoms with Gasteiger partial charge in [0.05, 0.1) is 5.69 Å². The number of rotatable bonds is 6. The maximum atomic E-state index is 12.2. The van der Waals surface area contributed by atoms with Crippen LogP contribution in [-0.4, -0.2) is 44.5 Å². The van der Waals surface area contributed by atoms with Gasteiger partial charge in [0.1, 0.15) is 0 Å². The lowest BCUT2D eigenvalue weighted by molar-refractivity contribution is 0.250. The SMILES string of the molecule is Cc1nc(N)sc1S(=O)(=O)NCCN(C)C1CCCC1. The molecule has 3 N–H and O–H groups in total. The van der Waals surface area contributed by atoms with Crippen LogP contribution in [0.25, 0.3) is 0 Å². The van der Waals surface area contributed by atoms with Crippen LogP contribution in [0.2, 0.25) is 0 Å². The zero-order valence-electron chi connectivity index (χ0n) is 11.9. The summed E-state index contributed by atoms with van der Waals surface area (Å²) in [7, 11) is -1.43. The molecular formula is C12H22N4O2S2. The summed E-state index contributed by atoms with van der Waals surface area (Å²) >= 11 is 1.01. The summed E-state index contributed by atoms with van der Waals surface area (Å²) in [6.45, 7) is 2.79. The third-order valence-electron chi connectivity index (χ3n) is 3.72. The van der Waals surface area contributed by atoms with E-state index in [2.05, 4.69) is 21.7 Å². The van der Waals surface area contributed by atoms with Crippen molar-refractivity contribution >= 4 is 26.5 Å². The second-order valence-electron chi connectivity index (χ2n) is 5.24. The lowest BCUT2D eigenvalue weighted by atomic mass is 10.2. The van der Waals surface area contributed by atoms with E-state index in [1.807, 2.05) is 0 Å². The number of aryl methyl sites for hydroxylation is 1.